The molecule has 0 saturated heterocycles. The zero-order valence-electron chi connectivity index (χ0n) is 9.93. The van der Waals surface area contributed by atoms with E-state index in [2.05, 4.69) is 0 Å². The Hall–Kier alpha value is -0.870. The topological polar surface area (TPSA) is 60.2 Å². The quantitative estimate of drug-likeness (QED) is 0.897. The third-order valence-corrected chi connectivity index (χ3v) is 6.37. The second-order valence-electron chi connectivity index (χ2n) is 4.76. The van der Waals surface area contributed by atoms with Crippen molar-refractivity contribution in [3.05, 3.63) is 30.3 Å². The molecule has 1 aliphatic rings. The molecule has 17 heavy (non-hydrogen) atoms. The lowest BCUT2D eigenvalue weighted by molar-refractivity contribution is 0.378. The molecule has 1 fully saturated rings. The van der Waals surface area contributed by atoms with Gasteiger partial charge in [-0.05, 0) is 25.0 Å². The molecule has 0 unspecified atom stereocenters. The van der Waals surface area contributed by atoms with E-state index >= 15 is 0 Å². The van der Waals surface area contributed by atoms with E-state index in [-0.39, 0.29) is 6.54 Å². The van der Waals surface area contributed by atoms with Gasteiger partial charge in [-0.1, -0.05) is 37.5 Å². The van der Waals surface area contributed by atoms with E-state index in [0.29, 0.717) is 17.7 Å². The minimum absolute atomic E-state index is 0.226. The van der Waals surface area contributed by atoms with Crippen LogP contribution in [0.4, 0.5) is 0 Å². The predicted octanol–water partition coefficient (Wildman–Crippen LogP) is 2.12. The fourth-order valence-electron chi connectivity index (χ4n) is 2.63. The lowest BCUT2D eigenvalue weighted by Gasteiger charge is -2.35. The number of nitrogens with two attached hydrogens (primary N) is 1. The largest absolute Gasteiger partial charge is 0.329 e. The SMILES string of the molecule is NCC1(S(=O)(=O)c2ccccc2)CCCCC1. The zero-order chi connectivity index (χ0) is 12.4. The monoisotopic (exact) mass is 253 g/mol. The first-order valence-electron chi connectivity index (χ1n) is 6.12. The number of sulfone groups is 1. The molecular weight excluding hydrogens is 234 g/mol. The van der Waals surface area contributed by atoms with Gasteiger partial charge >= 0.3 is 0 Å². The Kier molecular flexibility index (Phi) is 3.54. The number of rotatable bonds is 3. The molecule has 2 N–H and O–H groups in total. The van der Waals surface area contributed by atoms with E-state index in [4.69, 9.17) is 5.73 Å². The Morgan fingerprint density at radius 2 is 1.65 bits per heavy atom. The Morgan fingerprint density at radius 1 is 1.06 bits per heavy atom. The highest BCUT2D eigenvalue weighted by molar-refractivity contribution is 7.92. The number of hydrogen-bond acceptors (Lipinski definition) is 3. The van der Waals surface area contributed by atoms with Crippen LogP contribution in [-0.2, 0) is 9.84 Å². The fraction of sp³-hybridized carbons (Fsp3) is 0.538. The van der Waals surface area contributed by atoms with Gasteiger partial charge in [-0.15, -0.1) is 0 Å². The van der Waals surface area contributed by atoms with Crippen LogP contribution in [0.3, 0.4) is 0 Å². The van der Waals surface area contributed by atoms with Crippen molar-refractivity contribution in [2.24, 2.45) is 5.73 Å². The van der Waals surface area contributed by atoms with E-state index in [1.165, 1.54) is 0 Å². The summed E-state index contributed by atoms with van der Waals surface area (Å²) in [6, 6.07) is 8.69. The molecule has 0 aliphatic heterocycles. The van der Waals surface area contributed by atoms with Crippen molar-refractivity contribution in [2.45, 2.75) is 41.7 Å². The van der Waals surface area contributed by atoms with Gasteiger partial charge in [-0.2, -0.15) is 0 Å². The van der Waals surface area contributed by atoms with Crippen molar-refractivity contribution in [3.63, 3.8) is 0 Å². The molecule has 1 aromatic rings. The summed E-state index contributed by atoms with van der Waals surface area (Å²) in [5.74, 6) is 0. The summed E-state index contributed by atoms with van der Waals surface area (Å²) in [5, 5.41) is 0. The maximum absolute atomic E-state index is 12.7. The van der Waals surface area contributed by atoms with Gasteiger partial charge in [0, 0.05) is 6.54 Å². The average molecular weight is 253 g/mol. The Morgan fingerprint density at radius 3 is 2.18 bits per heavy atom. The fourth-order valence-corrected chi connectivity index (χ4v) is 4.69. The van der Waals surface area contributed by atoms with Gasteiger partial charge < -0.3 is 5.73 Å². The van der Waals surface area contributed by atoms with Gasteiger partial charge in [-0.25, -0.2) is 8.42 Å². The third kappa shape index (κ3) is 2.11. The highest BCUT2D eigenvalue weighted by Gasteiger charge is 2.43. The third-order valence-electron chi connectivity index (χ3n) is 3.76. The first-order chi connectivity index (χ1) is 8.12. The van der Waals surface area contributed by atoms with Crippen molar-refractivity contribution >= 4 is 9.84 Å². The van der Waals surface area contributed by atoms with Crippen LogP contribution in [0.1, 0.15) is 32.1 Å². The summed E-state index contributed by atoms with van der Waals surface area (Å²) in [4.78, 5) is 0.410. The minimum atomic E-state index is -3.30. The van der Waals surface area contributed by atoms with E-state index in [0.717, 1.165) is 19.3 Å². The van der Waals surface area contributed by atoms with Crippen molar-refractivity contribution in [1.82, 2.24) is 0 Å². The Bertz CT molecular complexity index is 461. The van der Waals surface area contributed by atoms with Gasteiger partial charge in [0.1, 0.15) is 0 Å². The van der Waals surface area contributed by atoms with Crippen LogP contribution < -0.4 is 5.73 Å². The van der Waals surface area contributed by atoms with Gasteiger partial charge in [0.15, 0.2) is 9.84 Å². The maximum Gasteiger partial charge on any atom is 0.185 e. The molecule has 0 bridgehead atoms. The van der Waals surface area contributed by atoms with Crippen LogP contribution in [0.2, 0.25) is 0 Å². The lowest BCUT2D eigenvalue weighted by Crippen LogP contribution is -2.47. The van der Waals surface area contributed by atoms with Crippen molar-refractivity contribution < 1.29 is 8.42 Å². The van der Waals surface area contributed by atoms with Crippen LogP contribution in [-0.4, -0.2) is 19.7 Å². The van der Waals surface area contributed by atoms with Crippen LogP contribution in [0, 0.1) is 0 Å². The van der Waals surface area contributed by atoms with E-state index < -0.39 is 14.6 Å². The molecule has 0 atom stereocenters. The normalized spacial score (nSPS) is 20.1. The molecule has 0 radical (unpaired) electrons. The minimum Gasteiger partial charge on any atom is -0.329 e. The van der Waals surface area contributed by atoms with Crippen LogP contribution in [0.15, 0.2) is 35.2 Å². The highest BCUT2D eigenvalue weighted by atomic mass is 32.2. The lowest BCUT2D eigenvalue weighted by atomic mass is 9.88. The average Bonchev–Trinajstić information content (AvgIpc) is 2.40. The second kappa shape index (κ2) is 4.78. The van der Waals surface area contributed by atoms with Gasteiger partial charge in [-0.3, -0.25) is 0 Å². The summed E-state index contributed by atoms with van der Waals surface area (Å²) >= 11 is 0. The zero-order valence-corrected chi connectivity index (χ0v) is 10.7. The molecule has 1 saturated carbocycles. The first-order valence-corrected chi connectivity index (χ1v) is 7.60. The molecule has 1 aromatic carbocycles. The van der Waals surface area contributed by atoms with Crippen LogP contribution in [0.5, 0.6) is 0 Å². The summed E-state index contributed by atoms with van der Waals surface area (Å²) in [7, 11) is -3.30. The van der Waals surface area contributed by atoms with E-state index in [9.17, 15) is 8.42 Å². The molecule has 1 aliphatic carbocycles. The molecule has 0 heterocycles. The van der Waals surface area contributed by atoms with Crippen molar-refractivity contribution in [3.8, 4) is 0 Å². The van der Waals surface area contributed by atoms with Gasteiger partial charge in [0.05, 0.1) is 9.64 Å². The molecule has 0 spiro atoms. The molecular formula is C13H19NO2S. The summed E-state index contributed by atoms with van der Waals surface area (Å²) in [6.45, 7) is 0.226. The smallest absolute Gasteiger partial charge is 0.185 e. The summed E-state index contributed by atoms with van der Waals surface area (Å²) in [6.07, 6.45) is 4.43. The summed E-state index contributed by atoms with van der Waals surface area (Å²) in [5.41, 5.74) is 5.78. The molecule has 0 aromatic heterocycles. The van der Waals surface area contributed by atoms with Crippen LogP contribution >= 0.6 is 0 Å². The van der Waals surface area contributed by atoms with E-state index in [1.54, 1.807) is 24.3 Å². The predicted molar refractivity (Wildman–Crippen MR) is 68.5 cm³/mol. The van der Waals surface area contributed by atoms with Crippen molar-refractivity contribution in [2.75, 3.05) is 6.54 Å². The summed E-state index contributed by atoms with van der Waals surface area (Å²) < 4.78 is 24.6. The van der Waals surface area contributed by atoms with Gasteiger partial charge in [0.25, 0.3) is 0 Å². The number of benzene rings is 1. The molecule has 2 rings (SSSR count). The first kappa shape index (κ1) is 12.6. The molecule has 0 amide bonds. The Balaban J connectivity index is 2.43. The second-order valence-corrected chi connectivity index (χ2v) is 7.11. The van der Waals surface area contributed by atoms with Crippen LogP contribution in [0.25, 0.3) is 0 Å². The van der Waals surface area contributed by atoms with E-state index in [1.807, 2.05) is 6.07 Å². The number of hydrogen-bond donors (Lipinski definition) is 1. The standard InChI is InChI=1S/C13H19NO2S/c14-11-13(9-5-2-6-10-13)17(15,16)12-7-3-1-4-8-12/h1,3-4,7-8H,2,5-6,9-11,14H2. The van der Waals surface area contributed by atoms with Gasteiger partial charge in [0.2, 0.25) is 0 Å². The molecule has 94 valence electrons. The van der Waals surface area contributed by atoms with Crippen molar-refractivity contribution in [1.29, 1.82) is 0 Å². The molecule has 3 nitrogen and oxygen atoms in total. The maximum atomic E-state index is 12.7. The molecule has 4 heteroatoms. The Labute approximate surface area is 103 Å². The highest BCUT2D eigenvalue weighted by Crippen LogP contribution is 2.38.